The molecule has 2 amide bonds. The highest BCUT2D eigenvalue weighted by Gasteiger charge is 2.58. The zero-order valence-corrected chi connectivity index (χ0v) is 20.1. The fourth-order valence-electron chi connectivity index (χ4n) is 5.45. The number of ether oxygens (including phenoxy) is 2. The van der Waals surface area contributed by atoms with Crippen molar-refractivity contribution in [3.8, 4) is 0 Å². The number of hydrogen-bond acceptors (Lipinski definition) is 7. The van der Waals surface area contributed by atoms with Crippen LogP contribution < -0.4 is 5.32 Å². The van der Waals surface area contributed by atoms with Crippen molar-refractivity contribution in [1.82, 2.24) is 15.1 Å². The molecule has 2 heterocycles. The van der Waals surface area contributed by atoms with Gasteiger partial charge in [-0.1, -0.05) is 25.5 Å². The molecule has 0 aromatic carbocycles. The molecule has 0 saturated carbocycles. The van der Waals surface area contributed by atoms with Crippen LogP contribution in [0.1, 0.15) is 33.6 Å². The van der Waals surface area contributed by atoms with E-state index in [9.17, 15) is 19.5 Å². The summed E-state index contributed by atoms with van der Waals surface area (Å²) in [4.78, 5) is 43.6. The first-order chi connectivity index (χ1) is 15.9. The van der Waals surface area contributed by atoms with Crippen LogP contribution in [0.5, 0.6) is 0 Å². The first kappa shape index (κ1) is 25.6. The molecule has 0 spiro atoms. The van der Waals surface area contributed by atoms with Gasteiger partial charge in [-0.15, -0.1) is 0 Å². The van der Waals surface area contributed by atoms with Crippen molar-refractivity contribution in [2.75, 3.05) is 52.6 Å². The molecule has 0 bridgehead atoms. The second-order valence-corrected chi connectivity index (χ2v) is 9.19. The molecule has 6 atom stereocenters. The van der Waals surface area contributed by atoms with Crippen molar-refractivity contribution in [2.24, 2.45) is 23.7 Å². The predicted molar refractivity (Wildman–Crippen MR) is 122 cm³/mol. The van der Waals surface area contributed by atoms with E-state index in [2.05, 4.69) is 10.2 Å². The maximum Gasteiger partial charge on any atom is 0.310 e. The number of nitrogens with one attached hydrogen (secondary N) is 1. The molecule has 9 heteroatoms. The number of carbonyl (C=O) groups is 3. The van der Waals surface area contributed by atoms with Gasteiger partial charge in [-0.05, 0) is 26.2 Å². The summed E-state index contributed by atoms with van der Waals surface area (Å²) < 4.78 is 10.7. The van der Waals surface area contributed by atoms with Gasteiger partial charge in [0.1, 0.15) is 6.04 Å². The molecule has 2 saturated heterocycles. The minimum Gasteiger partial charge on any atom is -0.466 e. The Balaban J connectivity index is 1.82. The number of morpholine rings is 1. The number of fused-ring (bicyclic) bond motifs is 1. The smallest absolute Gasteiger partial charge is 0.310 e. The summed E-state index contributed by atoms with van der Waals surface area (Å²) in [5.41, 5.74) is 0. The van der Waals surface area contributed by atoms with Crippen LogP contribution in [0.15, 0.2) is 12.2 Å². The van der Waals surface area contributed by atoms with Gasteiger partial charge in [0.05, 0.1) is 44.3 Å². The number of likely N-dealkylation sites (tertiary alicyclic amines) is 1. The van der Waals surface area contributed by atoms with Crippen molar-refractivity contribution in [3.63, 3.8) is 0 Å². The third kappa shape index (κ3) is 5.58. The highest BCUT2D eigenvalue weighted by atomic mass is 16.5. The van der Waals surface area contributed by atoms with Crippen LogP contribution >= 0.6 is 0 Å². The number of hydrogen-bond donors (Lipinski definition) is 2. The number of nitrogens with zero attached hydrogens (tertiary/aromatic N) is 2. The number of esters is 1. The SMILES string of the molecule is CCC[C@@H]1C=C[C@H]2[C@H](C(=O)N([C@H](C)CO)[C@@H]2C(=O)NCCN2CCOCC2)[C@@H]1C(=O)OCC. The monoisotopic (exact) mass is 465 g/mol. The summed E-state index contributed by atoms with van der Waals surface area (Å²) in [6, 6.07) is -1.29. The Morgan fingerprint density at radius 1 is 1.27 bits per heavy atom. The van der Waals surface area contributed by atoms with E-state index in [-0.39, 0.29) is 36.9 Å². The van der Waals surface area contributed by atoms with Gasteiger partial charge in [-0.2, -0.15) is 0 Å². The van der Waals surface area contributed by atoms with E-state index in [1.165, 1.54) is 4.90 Å². The van der Waals surface area contributed by atoms with Gasteiger partial charge in [0.25, 0.3) is 0 Å². The quantitative estimate of drug-likeness (QED) is 0.356. The highest BCUT2D eigenvalue weighted by Crippen LogP contribution is 2.46. The Labute approximate surface area is 196 Å². The summed E-state index contributed by atoms with van der Waals surface area (Å²) in [5.74, 6) is -2.69. The first-order valence-corrected chi connectivity index (χ1v) is 12.3. The molecule has 1 aliphatic carbocycles. The van der Waals surface area contributed by atoms with E-state index in [0.717, 1.165) is 25.9 Å². The van der Waals surface area contributed by atoms with E-state index in [1.54, 1.807) is 13.8 Å². The standard InChI is InChI=1S/C24H39N3O6/c1-4-6-17-7-8-18-20(19(17)24(31)33-5-2)23(30)27(16(3)15-28)21(18)22(29)25-9-10-26-11-13-32-14-12-26/h7-8,16-21,28H,4-6,9-15H2,1-3H3,(H,25,29)/t16-,17-,18+,19-,20+,21+/m1/s1. The van der Waals surface area contributed by atoms with Crippen LogP contribution in [0.25, 0.3) is 0 Å². The van der Waals surface area contributed by atoms with Crippen LogP contribution in [0.4, 0.5) is 0 Å². The average Bonchev–Trinajstić information content (AvgIpc) is 3.12. The Hall–Kier alpha value is -1.97. The summed E-state index contributed by atoms with van der Waals surface area (Å²) in [7, 11) is 0. The third-order valence-corrected chi connectivity index (χ3v) is 7.07. The number of aliphatic hydroxyl groups excluding tert-OH is 1. The molecular formula is C24H39N3O6. The minimum absolute atomic E-state index is 0.103. The molecular weight excluding hydrogens is 426 g/mol. The van der Waals surface area contributed by atoms with Crippen LogP contribution in [0.3, 0.4) is 0 Å². The second kappa shape index (κ2) is 11.9. The number of carbonyl (C=O) groups excluding carboxylic acids is 3. The van der Waals surface area contributed by atoms with Crippen molar-refractivity contribution in [1.29, 1.82) is 0 Å². The van der Waals surface area contributed by atoms with E-state index < -0.39 is 29.8 Å². The molecule has 9 nitrogen and oxygen atoms in total. The normalized spacial score (nSPS) is 30.7. The average molecular weight is 466 g/mol. The third-order valence-electron chi connectivity index (χ3n) is 7.07. The zero-order valence-electron chi connectivity index (χ0n) is 20.1. The molecule has 0 unspecified atom stereocenters. The number of amides is 2. The molecule has 0 aromatic heterocycles. The van der Waals surface area contributed by atoms with Gasteiger partial charge in [0.2, 0.25) is 11.8 Å². The fraction of sp³-hybridized carbons (Fsp3) is 0.792. The second-order valence-electron chi connectivity index (χ2n) is 9.19. The Morgan fingerprint density at radius 3 is 2.64 bits per heavy atom. The number of rotatable bonds is 10. The van der Waals surface area contributed by atoms with Crippen LogP contribution in [-0.2, 0) is 23.9 Å². The van der Waals surface area contributed by atoms with Crippen molar-refractivity contribution in [2.45, 2.75) is 45.7 Å². The number of allylic oxidation sites excluding steroid dienone is 1. The summed E-state index contributed by atoms with van der Waals surface area (Å²) in [6.45, 7) is 9.73. The molecule has 33 heavy (non-hydrogen) atoms. The number of aliphatic hydroxyl groups is 1. The Morgan fingerprint density at radius 2 is 2.00 bits per heavy atom. The summed E-state index contributed by atoms with van der Waals surface area (Å²) in [6.07, 6.45) is 5.57. The van der Waals surface area contributed by atoms with E-state index in [1.807, 2.05) is 19.1 Å². The Bertz CT molecular complexity index is 723. The minimum atomic E-state index is -0.759. The van der Waals surface area contributed by atoms with Crippen molar-refractivity contribution in [3.05, 3.63) is 12.2 Å². The predicted octanol–water partition coefficient (Wildman–Crippen LogP) is 0.424. The lowest BCUT2D eigenvalue weighted by Crippen LogP contribution is -2.52. The van der Waals surface area contributed by atoms with E-state index in [0.29, 0.717) is 26.3 Å². The lowest BCUT2D eigenvalue weighted by molar-refractivity contribution is -0.156. The van der Waals surface area contributed by atoms with Crippen LogP contribution in [-0.4, -0.2) is 97.4 Å². The lowest BCUT2D eigenvalue weighted by atomic mass is 9.69. The molecule has 0 aromatic rings. The van der Waals surface area contributed by atoms with Crippen molar-refractivity contribution >= 4 is 17.8 Å². The Kier molecular flexibility index (Phi) is 9.28. The van der Waals surface area contributed by atoms with Gasteiger partial charge in [0.15, 0.2) is 0 Å². The topological polar surface area (TPSA) is 108 Å². The van der Waals surface area contributed by atoms with Crippen LogP contribution in [0.2, 0.25) is 0 Å². The molecule has 3 aliphatic rings. The van der Waals surface area contributed by atoms with E-state index in [4.69, 9.17) is 9.47 Å². The molecule has 2 fully saturated rings. The van der Waals surface area contributed by atoms with Gasteiger partial charge in [-0.3, -0.25) is 19.3 Å². The van der Waals surface area contributed by atoms with Gasteiger partial charge in [0, 0.05) is 32.1 Å². The summed E-state index contributed by atoms with van der Waals surface area (Å²) in [5, 5.41) is 12.8. The first-order valence-electron chi connectivity index (χ1n) is 12.3. The molecule has 2 N–H and O–H groups in total. The lowest BCUT2D eigenvalue weighted by Gasteiger charge is -2.34. The molecule has 0 radical (unpaired) electrons. The summed E-state index contributed by atoms with van der Waals surface area (Å²) >= 11 is 0. The van der Waals surface area contributed by atoms with Gasteiger partial charge in [-0.25, -0.2) is 0 Å². The highest BCUT2D eigenvalue weighted by molar-refractivity contribution is 5.96. The maximum absolute atomic E-state index is 13.6. The maximum atomic E-state index is 13.6. The zero-order chi connectivity index (χ0) is 24.0. The largest absolute Gasteiger partial charge is 0.466 e. The molecule has 2 aliphatic heterocycles. The van der Waals surface area contributed by atoms with E-state index >= 15 is 0 Å². The van der Waals surface area contributed by atoms with Crippen LogP contribution in [0, 0.1) is 23.7 Å². The molecule has 3 rings (SSSR count). The fourth-order valence-corrected chi connectivity index (χ4v) is 5.45. The van der Waals surface area contributed by atoms with Crippen molar-refractivity contribution < 1.29 is 29.0 Å². The van der Waals surface area contributed by atoms with Gasteiger partial charge >= 0.3 is 5.97 Å². The van der Waals surface area contributed by atoms with Gasteiger partial charge < -0.3 is 24.8 Å². The molecule has 186 valence electrons.